The van der Waals surface area contributed by atoms with Gasteiger partial charge in [0.15, 0.2) is 11.2 Å². The van der Waals surface area contributed by atoms with Crippen molar-refractivity contribution < 1.29 is 37.0 Å². The zero-order valence-corrected chi connectivity index (χ0v) is 24.2. The maximum Gasteiger partial charge on any atom is 0.527 e. The van der Waals surface area contributed by atoms with Gasteiger partial charge in [-0.1, -0.05) is 47.5 Å². The number of phosphoric acid groups is 2. The molecule has 5 rings (SSSR count). The normalized spacial score (nSPS) is 21.5. The first-order valence-electron chi connectivity index (χ1n) is 12.0. The molecule has 1 fully saturated rings. The molecule has 218 valence electrons. The highest BCUT2D eigenvalue weighted by Gasteiger charge is 2.46. The van der Waals surface area contributed by atoms with Crippen LogP contribution in [-0.2, 0) is 18.2 Å². The number of aromatic amines is 1. The van der Waals surface area contributed by atoms with Gasteiger partial charge in [-0.3, -0.25) is 28.6 Å². The number of nitrogens with two attached hydrogens (primary N) is 1. The number of nitrogens with zero attached hydrogens (tertiary/aromatic N) is 3. The molecule has 4 aromatic rings. The maximum absolute atomic E-state index is 12.7. The summed E-state index contributed by atoms with van der Waals surface area (Å²) in [6, 6.07) is 11.7. The summed E-state index contributed by atoms with van der Waals surface area (Å²) in [5.41, 5.74) is 5.41. The Morgan fingerprint density at radius 3 is 2.12 bits per heavy atom. The summed E-state index contributed by atoms with van der Waals surface area (Å²) in [5, 5.41) is 0.223. The fraction of sp³-hybridized carbons (Fsp3) is 0.261. The molecular weight excluding hydrogens is 623 g/mol. The Morgan fingerprint density at radius 1 is 0.976 bits per heavy atom. The molecule has 2 aromatic carbocycles. The third kappa shape index (κ3) is 6.77. The van der Waals surface area contributed by atoms with Gasteiger partial charge in [0.1, 0.15) is 11.5 Å². The van der Waals surface area contributed by atoms with E-state index in [-0.39, 0.29) is 51.9 Å². The van der Waals surface area contributed by atoms with Crippen LogP contribution in [0.1, 0.15) is 12.5 Å². The minimum absolute atomic E-state index is 0.0388. The quantitative estimate of drug-likeness (QED) is 0.166. The molecule has 18 heteroatoms. The number of imidazole rings is 1. The number of H-pyrrole nitrogens is 1. The van der Waals surface area contributed by atoms with Gasteiger partial charge in [0.05, 0.1) is 29.6 Å². The van der Waals surface area contributed by atoms with E-state index in [9.17, 15) is 23.7 Å². The monoisotopic (exact) mass is 645 g/mol. The van der Waals surface area contributed by atoms with E-state index in [1.54, 1.807) is 28.8 Å². The molecular formula is C23H23Cl2N5O9P2. The molecule has 41 heavy (non-hydrogen) atoms. The Labute approximate surface area is 242 Å². The van der Waals surface area contributed by atoms with Crippen molar-refractivity contribution >= 4 is 56.0 Å². The molecule has 1 saturated carbocycles. The van der Waals surface area contributed by atoms with Crippen LogP contribution in [0, 0.1) is 11.8 Å². The number of anilines is 1. The smallest absolute Gasteiger partial charge is 0.403 e. The number of para-hydroxylation sites is 2. The molecule has 5 N–H and O–H groups in total. The fourth-order valence-corrected chi connectivity index (χ4v) is 6.55. The first kappa shape index (κ1) is 29.6. The second kappa shape index (κ2) is 11.7. The highest BCUT2D eigenvalue weighted by molar-refractivity contribution is 7.48. The SMILES string of the molecule is Nc1nc2c(ncn2[C@@H]2C[C@H](COP(=O)(O)Oc3ccccc3Cl)[C@H]2COP(=O)(O)Oc2ccccc2Cl)c(=O)[nH]1. The molecule has 0 radical (unpaired) electrons. The van der Waals surface area contributed by atoms with Crippen LogP contribution < -0.4 is 20.3 Å². The van der Waals surface area contributed by atoms with Crippen LogP contribution in [0.25, 0.3) is 11.2 Å². The third-order valence-corrected chi connectivity index (χ3v) is 8.86. The van der Waals surface area contributed by atoms with Gasteiger partial charge >= 0.3 is 15.6 Å². The van der Waals surface area contributed by atoms with Crippen molar-refractivity contribution in [3.05, 3.63) is 75.3 Å². The number of nitrogens with one attached hydrogen (secondary N) is 1. The van der Waals surface area contributed by atoms with Crippen LogP contribution in [0.3, 0.4) is 0 Å². The predicted molar refractivity (Wildman–Crippen MR) is 149 cm³/mol. The molecule has 0 aliphatic heterocycles. The molecule has 0 amide bonds. The molecule has 0 bridgehead atoms. The molecule has 0 spiro atoms. The number of rotatable bonds is 11. The van der Waals surface area contributed by atoms with E-state index >= 15 is 0 Å². The molecule has 5 atom stereocenters. The molecule has 2 aromatic heterocycles. The van der Waals surface area contributed by atoms with E-state index in [0.717, 1.165) is 0 Å². The summed E-state index contributed by atoms with van der Waals surface area (Å²) in [7, 11) is -9.25. The van der Waals surface area contributed by atoms with Crippen molar-refractivity contribution in [1.82, 2.24) is 19.5 Å². The van der Waals surface area contributed by atoms with Gasteiger partial charge < -0.3 is 19.3 Å². The summed E-state index contributed by atoms with van der Waals surface area (Å²) in [6.45, 7) is -0.636. The average Bonchev–Trinajstić information content (AvgIpc) is 3.29. The summed E-state index contributed by atoms with van der Waals surface area (Å²) in [6.07, 6.45) is 1.72. The van der Waals surface area contributed by atoms with Gasteiger partial charge in [-0.25, -0.2) is 14.1 Å². The Balaban J connectivity index is 1.34. The number of aromatic nitrogens is 4. The van der Waals surface area contributed by atoms with E-state index in [2.05, 4.69) is 15.0 Å². The Morgan fingerprint density at radius 2 is 1.54 bits per heavy atom. The maximum atomic E-state index is 12.7. The fourth-order valence-electron chi connectivity index (χ4n) is 4.43. The standard InChI is InChI=1S/C23H23Cl2N5O9P2/c24-15-5-1-3-7-18(15)38-40(32,33)36-10-13-9-17(30-12-27-20-21(30)28-23(26)29-22(20)31)14(13)11-37-41(34,35)39-19-8-4-2-6-16(19)25/h1-8,12-14,17H,9-11H2,(H,32,33)(H,34,35)(H3,26,28,29,31)/t13-,14-,17-/m1/s1. The number of hydrogen-bond acceptors (Lipinski definition) is 10. The number of fused-ring (bicyclic) bond motifs is 1. The van der Waals surface area contributed by atoms with Gasteiger partial charge in [0.25, 0.3) is 5.56 Å². The van der Waals surface area contributed by atoms with Gasteiger partial charge in [0.2, 0.25) is 5.95 Å². The van der Waals surface area contributed by atoms with Crippen LogP contribution in [0.5, 0.6) is 11.5 Å². The van der Waals surface area contributed by atoms with Gasteiger partial charge in [0, 0.05) is 12.0 Å². The molecule has 14 nitrogen and oxygen atoms in total. The van der Waals surface area contributed by atoms with Crippen LogP contribution in [0.4, 0.5) is 5.95 Å². The lowest BCUT2D eigenvalue weighted by Crippen LogP contribution is -2.43. The number of hydrogen-bond donors (Lipinski definition) is 4. The van der Waals surface area contributed by atoms with Gasteiger partial charge in [-0.05, 0) is 36.6 Å². The number of nitrogen functional groups attached to an aromatic ring is 1. The molecule has 2 unspecified atom stereocenters. The molecule has 2 heterocycles. The van der Waals surface area contributed by atoms with Gasteiger partial charge in [-0.15, -0.1) is 0 Å². The molecule has 1 aliphatic carbocycles. The van der Waals surface area contributed by atoms with Crippen molar-refractivity contribution in [2.45, 2.75) is 12.5 Å². The van der Waals surface area contributed by atoms with E-state index in [0.29, 0.717) is 6.42 Å². The van der Waals surface area contributed by atoms with Crippen LogP contribution >= 0.6 is 38.8 Å². The van der Waals surface area contributed by atoms with E-state index in [1.807, 2.05) is 0 Å². The van der Waals surface area contributed by atoms with Gasteiger partial charge in [-0.2, -0.15) is 4.98 Å². The highest BCUT2D eigenvalue weighted by Crippen LogP contribution is 2.53. The first-order valence-corrected chi connectivity index (χ1v) is 15.7. The summed E-state index contributed by atoms with van der Waals surface area (Å²) in [4.78, 5) is 43.5. The highest BCUT2D eigenvalue weighted by atomic mass is 35.5. The second-order valence-electron chi connectivity index (χ2n) is 9.07. The van der Waals surface area contributed by atoms with Crippen LogP contribution in [0.15, 0.2) is 59.7 Å². The molecule has 0 saturated heterocycles. The Kier molecular flexibility index (Phi) is 8.47. The first-order chi connectivity index (χ1) is 19.4. The van der Waals surface area contributed by atoms with Crippen molar-refractivity contribution in [3.8, 4) is 11.5 Å². The number of benzene rings is 2. The number of halogens is 2. The van der Waals surface area contributed by atoms with E-state index in [4.69, 9.17) is 47.0 Å². The lowest BCUT2D eigenvalue weighted by molar-refractivity contribution is -0.00443. The zero-order chi connectivity index (χ0) is 29.4. The number of phosphoric ester groups is 2. The van der Waals surface area contributed by atoms with E-state index in [1.165, 1.54) is 30.6 Å². The summed E-state index contributed by atoms with van der Waals surface area (Å²) in [5.74, 6) is -1.27. The van der Waals surface area contributed by atoms with Crippen molar-refractivity contribution in [3.63, 3.8) is 0 Å². The second-order valence-corrected chi connectivity index (χ2v) is 12.6. The van der Waals surface area contributed by atoms with Crippen LogP contribution in [-0.4, -0.2) is 42.5 Å². The predicted octanol–water partition coefficient (Wildman–Crippen LogP) is 4.58. The van der Waals surface area contributed by atoms with Crippen molar-refractivity contribution in [2.75, 3.05) is 18.9 Å². The minimum atomic E-state index is -4.66. The molecule has 1 aliphatic rings. The minimum Gasteiger partial charge on any atom is -0.403 e. The van der Waals surface area contributed by atoms with Crippen molar-refractivity contribution in [2.24, 2.45) is 11.8 Å². The third-order valence-electron chi connectivity index (χ3n) is 6.43. The Bertz CT molecular complexity index is 1740. The summed E-state index contributed by atoms with van der Waals surface area (Å²) < 4.78 is 47.7. The van der Waals surface area contributed by atoms with Crippen molar-refractivity contribution in [1.29, 1.82) is 0 Å². The topological polar surface area (TPSA) is 201 Å². The average molecular weight is 646 g/mol. The van der Waals surface area contributed by atoms with Crippen LogP contribution in [0.2, 0.25) is 10.0 Å². The lowest BCUT2D eigenvalue weighted by atomic mass is 9.70. The lowest BCUT2D eigenvalue weighted by Gasteiger charge is -2.45. The van der Waals surface area contributed by atoms with E-state index < -0.39 is 39.1 Å². The summed E-state index contributed by atoms with van der Waals surface area (Å²) >= 11 is 12.0. The Hall–Kier alpha value is -2.93. The zero-order valence-electron chi connectivity index (χ0n) is 20.9. The largest absolute Gasteiger partial charge is 0.527 e.